The Balaban J connectivity index is 1.03. The molecule has 0 saturated heterocycles. The van der Waals surface area contributed by atoms with Crippen molar-refractivity contribution in [1.82, 2.24) is 15.0 Å². The summed E-state index contributed by atoms with van der Waals surface area (Å²) in [7, 11) is -2.97. The highest BCUT2D eigenvalue weighted by atomic mass is 28.3. The Kier molecular flexibility index (Phi) is 10.9. The maximum Gasteiger partial charge on any atom is 0.164 e. The Morgan fingerprint density at radius 3 is 1.11 bits per heavy atom. The Morgan fingerprint density at radius 1 is 0.310 bits per heavy atom. The number of aromatic nitrogens is 3. The fourth-order valence-corrected chi connectivity index (χ4v) is 13.3. The van der Waals surface area contributed by atoms with Gasteiger partial charge in [-0.3, -0.25) is 0 Å². The molecule has 1 heterocycles. The topological polar surface area (TPSA) is 38.7 Å². The number of rotatable bonds is 7. The SMILES string of the molecule is CC(C)(C)c1ccc2c(c1)C1(c3ccccc3-c3ccc(-c4cccc(-c5cccc(-c6nc(-c7ccc([Si](C)(C)C)cc7)nc(-c7ccc([Si](C)(C)C)cc7)n6)c5)c4)cc31)c1cc(C(C)(C)C)ccc1-2. The molecule has 0 amide bonds. The van der Waals surface area contributed by atoms with E-state index in [1.807, 2.05) is 0 Å². The molecule has 0 fully saturated rings. The van der Waals surface area contributed by atoms with Gasteiger partial charge in [0.1, 0.15) is 0 Å². The number of hydrogen-bond donors (Lipinski definition) is 0. The fraction of sp³-hybridized carbons (Fsp3) is 0.227. The quantitative estimate of drug-likeness (QED) is 0.149. The number of benzene rings is 8. The molecule has 0 aliphatic heterocycles. The molecule has 71 heavy (non-hydrogen) atoms. The van der Waals surface area contributed by atoms with Gasteiger partial charge in [0.15, 0.2) is 17.5 Å². The molecular formula is C66H65N3Si2. The first-order valence-corrected chi connectivity index (χ1v) is 32.4. The number of hydrogen-bond acceptors (Lipinski definition) is 3. The second-order valence-corrected chi connectivity index (χ2v) is 34.4. The van der Waals surface area contributed by atoms with Crippen LogP contribution in [-0.2, 0) is 16.2 Å². The minimum absolute atomic E-state index is 0.00470. The minimum Gasteiger partial charge on any atom is -0.208 e. The van der Waals surface area contributed by atoms with Gasteiger partial charge < -0.3 is 0 Å². The van der Waals surface area contributed by atoms with Crippen LogP contribution in [0.5, 0.6) is 0 Å². The van der Waals surface area contributed by atoms with E-state index in [-0.39, 0.29) is 10.8 Å². The molecule has 2 aliphatic rings. The average Bonchev–Trinajstić information content (AvgIpc) is 3.81. The van der Waals surface area contributed by atoms with Crippen molar-refractivity contribution in [2.75, 3.05) is 0 Å². The van der Waals surface area contributed by atoms with Gasteiger partial charge in [0.05, 0.1) is 21.6 Å². The third-order valence-corrected chi connectivity index (χ3v) is 19.3. The van der Waals surface area contributed by atoms with Gasteiger partial charge in [-0.2, -0.15) is 0 Å². The van der Waals surface area contributed by atoms with Crippen LogP contribution >= 0.6 is 0 Å². The summed E-state index contributed by atoms with van der Waals surface area (Å²) in [5, 5.41) is 2.83. The zero-order valence-corrected chi connectivity index (χ0v) is 45.6. The van der Waals surface area contributed by atoms with Gasteiger partial charge in [0, 0.05) is 16.7 Å². The smallest absolute Gasteiger partial charge is 0.164 e. The van der Waals surface area contributed by atoms with E-state index in [2.05, 4.69) is 257 Å². The van der Waals surface area contributed by atoms with Crippen LogP contribution in [0, 0.1) is 0 Å². The normalized spacial score (nSPS) is 13.7. The third kappa shape index (κ3) is 8.08. The van der Waals surface area contributed by atoms with Gasteiger partial charge in [-0.25, -0.2) is 15.0 Å². The summed E-state index contributed by atoms with van der Waals surface area (Å²) in [6.45, 7) is 28.3. The summed E-state index contributed by atoms with van der Waals surface area (Å²) >= 11 is 0. The predicted molar refractivity (Wildman–Crippen MR) is 307 cm³/mol. The molecule has 0 N–H and O–H groups in total. The molecule has 0 saturated carbocycles. The number of fused-ring (bicyclic) bond motifs is 10. The van der Waals surface area contributed by atoms with E-state index in [0.29, 0.717) is 17.5 Å². The lowest BCUT2D eigenvalue weighted by molar-refractivity contribution is 0.586. The van der Waals surface area contributed by atoms with E-state index in [1.54, 1.807) is 0 Å². The van der Waals surface area contributed by atoms with Crippen LogP contribution in [0.4, 0.5) is 0 Å². The Morgan fingerprint density at radius 2 is 0.662 bits per heavy atom. The first kappa shape index (κ1) is 46.6. The lowest BCUT2D eigenvalue weighted by Gasteiger charge is -2.33. The highest BCUT2D eigenvalue weighted by Gasteiger charge is 2.52. The van der Waals surface area contributed by atoms with E-state index in [1.165, 1.54) is 77.1 Å². The van der Waals surface area contributed by atoms with Gasteiger partial charge in [0.2, 0.25) is 0 Å². The Labute approximate surface area is 424 Å². The summed E-state index contributed by atoms with van der Waals surface area (Å²) < 4.78 is 0. The molecule has 5 heteroatoms. The summed E-state index contributed by atoms with van der Waals surface area (Å²) in [5.74, 6) is 2.03. The van der Waals surface area contributed by atoms with Crippen molar-refractivity contribution >= 4 is 26.5 Å². The molecule has 3 nitrogen and oxygen atoms in total. The second kappa shape index (κ2) is 16.6. The van der Waals surface area contributed by atoms with Gasteiger partial charge in [-0.1, -0.05) is 249 Å². The molecule has 9 aromatic rings. The average molecular weight is 956 g/mol. The van der Waals surface area contributed by atoms with Crippen LogP contribution in [0.2, 0.25) is 39.3 Å². The monoisotopic (exact) mass is 955 g/mol. The van der Waals surface area contributed by atoms with Gasteiger partial charge in [-0.05, 0) is 107 Å². The lowest BCUT2D eigenvalue weighted by atomic mass is 9.68. The van der Waals surface area contributed by atoms with E-state index >= 15 is 0 Å². The molecule has 1 aromatic heterocycles. The first-order chi connectivity index (χ1) is 33.7. The molecule has 0 bridgehead atoms. The van der Waals surface area contributed by atoms with Crippen molar-refractivity contribution in [3.8, 4) is 78.7 Å². The molecular weight excluding hydrogens is 891 g/mol. The van der Waals surface area contributed by atoms with Crippen LogP contribution in [0.1, 0.15) is 74.9 Å². The van der Waals surface area contributed by atoms with Crippen molar-refractivity contribution < 1.29 is 0 Å². The van der Waals surface area contributed by atoms with Crippen molar-refractivity contribution in [2.24, 2.45) is 0 Å². The molecule has 2 aliphatic carbocycles. The molecule has 352 valence electrons. The summed E-state index contributed by atoms with van der Waals surface area (Å²) in [6, 6.07) is 66.5. The maximum atomic E-state index is 5.20. The number of nitrogens with zero attached hydrogens (tertiary/aromatic N) is 3. The molecule has 8 aromatic carbocycles. The van der Waals surface area contributed by atoms with E-state index in [9.17, 15) is 0 Å². The minimum atomic E-state index is -1.49. The van der Waals surface area contributed by atoms with E-state index < -0.39 is 21.6 Å². The summed E-state index contributed by atoms with van der Waals surface area (Å²) in [6.07, 6.45) is 0. The molecule has 0 unspecified atom stereocenters. The van der Waals surface area contributed by atoms with Crippen molar-refractivity contribution in [3.63, 3.8) is 0 Å². The van der Waals surface area contributed by atoms with Crippen LogP contribution in [0.3, 0.4) is 0 Å². The highest BCUT2D eigenvalue weighted by molar-refractivity contribution is 6.89. The van der Waals surface area contributed by atoms with Crippen LogP contribution in [-0.4, -0.2) is 31.1 Å². The molecule has 0 atom stereocenters. The Bertz CT molecular complexity index is 3420. The van der Waals surface area contributed by atoms with E-state index in [0.717, 1.165) is 27.8 Å². The fourth-order valence-electron chi connectivity index (χ4n) is 11.0. The van der Waals surface area contributed by atoms with Gasteiger partial charge >= 0.3 is 0 Å². The van der Waals surface area contributed by atoms with Crippen LogP contribution in [0.25, 0.3) is 78.7 Å². The third-order valence-electron chi connectivity index (χ3n) is 15.2. The van der Waals surface area contributed by atoms with Crippen molar-refractivity contribution in [3.05, 3.63) is 209 Å². The summed E-state index contributed by atoms with van der Waals surface area (Å²) in [4.78, 5) is 15.5. The van der Waals surface area contributed by atoms with Gasteiger partial charge in [0.25, 0.3) is 0 Å². The highest BCUT2D eigenvalue weighted by Crippen LogP contribution is 2.64. The summed E-state index contributed by atoms with van der Waals surface area (Å²) in [5.41, 5.74) is 20.6. The second-order valence-electron chi connectivity index (χ2n) is 24.2. The molecule has 1 spiro atoms. The standard InChI is InChI=1S/C66H65N3Si2/c1-64(2,3)49-28-35-55-56-36-29-50(65(4,5)6)41-60(56)66(59(55)40-49)57-22-14-13-21-53(57)54-34-27-47(39-58(54)66)45-18-15-17-44(37-45)46-19-16-20-48(38-46)63-68-61(42-23-30-51(31-24-42)70(7,8)9)67-62(69-63)43-25-32-52(33-26-43)71(10,11)12/h13-41H,1-12H3. The lowest BCUT2D eigenvalue weighted by Crippen LogP contribution is -2.37. The van der Waals surface area contributed by atoms with Crippen LogP contribution < -0.4 is 10.4 Å². The largest absolute Gasteiger partial charge is 0.208 e. The maximum absolute atomic E-state index is 5.20. The zero-order valence-electron chi connectivity index (χ0n) is 43.6. The molecule has 0 radical (unpaired) electrons. The molecule has 11 rings (SSSR count). The van der Waals surface area contributed by atoms with E-state index in [4.69, 9.17) is 15.0 Å². The van der Waals surface area contributed by atoms with Gasteiger partial charge in [-0.15, -0.1) is 0 Å². The Hall–Kier alpha value is -6.80. The van der Waals surface area contributed by atoms with Crippen molar-refractivity contribution in [1.29, 1.82) is 0 Å². The van der Waals surface area contributed by atoms with Crippen molar-refractivity contribution in [2.45, 2.75) is 97.1 Å². The van der Waals surface area contributed by atoms with Crippen LogP contribution in [0.15, 0.2) is 176 Å². The first-order valence-electron chi connectivity index (χ1n) is 25.4. The zero-order chi connectivity index (χ0) is 49.8. The predicted octanol–water partition coefficient (Wildman–Crippen LogP) is 16.2.